The number of benzene rings is 1. The molecule has 1 aromatic carbocycles. The van der Waals surface area contributed by atoms with Crippen molar-refractivity contribution in [3.8, 4) is 6.07 Å². The van der Waals surface area contributed by atoms with E-state index < -0.39 is 5.82 Å². The molecule has 66 valence electrons. The van der Waals surface area contributed by atoms with Crippen molar-refractivity contribution >= 4 is 21.7 Å². The zero-order valence-electron chi connectivity index (χ0n) is 6.77. The molecule has 0 N–H and O–H groups in total. The SMILES string of the molecule is CC(=O)c1ccc(Br)c(F)c1C#N. The second-order valence-corrected chi connectivity index (χ2v) is 3.31. The van der Waals surface area contributed by atoms with E-state index in [2.05, 4.69) is 15.9 Å². The van der Waals surface area contributed by atoms with Gasteiger partial charge in [0.15, 0.2) is 11.6 Å². The number of ketones is 1. The van der Waals surface area contributed by atoms with Crippen molar-refractivity contribution in [3.05, 3.63) is 33.5 Å². The van der Waals surface area contributed by atoms with Crippen molar-refractivity contribution in [3.63, 3.8) is 0 Å². The Morgan fingerprint density at radius 2 is 2.23 bits per heavy atom. The van der Waals surface area contributed by atoms with E-state index in [1.54, 1.807) is 6.07 Å². The van der Waals surface area contributed by atoms with Gasteiger partial charge in [0.1, 0.15) is 6.07 Å². The number of nitrogens with zero attached hydrogens (tertiary/aromatic N) is 1. The molecule has 0 aromatic heterocycles. The maximum atomic E-state index is 13.2. The first-order chi connectivity index (χ1) is 6.07. The average Bonchev–Trinajstić information content (AvgIpc) is 2.09. The summed E-state index contributed by atoms with van der Waals surface area (Å²) in [5.41, 5.74) is -0.0925. The molecule has 0 aliphatic heterocycles. The Morgan fingerprint density at radius 3 is 2.69 bits per heavy atom. The van der Waals surface area contributed by atoms with Gasteiger partial charge in [0.05, 0.1) is 10.0 Å². The number of Topliss-reactive ketones (excluding diaryl/α,β-unsaturated/α-hetero) is 1. The van der Waals surface area contributed by atoms with Crippen LogP contribution < -0.4 is 0 Å². The van der Waals surface area contributed by atoms with Gasteiger partial charge < -0.3 is 0 Å². The standard InChI is InChI=1S/C9H5BrFNO/c1-5(13)6-2-3-8(10)9(11)7(6)4-12/h2-3H,1H3. The number of nitriles is 1. The molecule has 4 heteroatoms. The monoisotopic (exact) mass is 241 g/mol. The Kier molecular flexibility index (Phi) is 2.79. The van der Waals surface area contributed by atoms with E-state index >= 15 is 0 Å². The van der Waals surface area contributed by atoms with Gasteiger partial charge in [0.25, 0.3) is 0 Å². The van der Waals surface area contributed by atoms with E-state index in [-0.39, 0.29) is 21.4 Å². The highest BCUT2D eigenvalue weighted by molar-refractivity contribution is 9.10. The van der Waals surface area contributed by atoms with Gasteiger partial charge in [-0.25, -0.2) is 4.39 Å². The third-order valence-electron chi connectivity index (χ3n) is 1.59. The molecule has 0 saturated carbocycles. The summed E-state index contributed by atoms with van der Waals surface area (Å²) in [6.07, 6.45) is 0. The van der Waals surface area contributed by atoms with Gasteiger partial charge in [0.2, 0.25) is 0 Å². The van der Waals surface area contributed by atoms with E-state index in [0.717, 1.165) is 0 Å². The minimum absolute atomic E-state index is 0.114. The van der Waals surface area contributed by atoms with Gasteiger partial charge in [-0.15, -0.1) is 0 Å². The van der Waals surface area contributed by atoms with E-state index in [9.17, 15) is 9.18 Å². The van der Waals surface area contributed by atoms with Crippen molar-refractivity contribution in [2.45, 2.75) is 6.92 Å². The highest BCUT2D eigenvalue weighted by atomic mass is 79.9. The molecule has 0 atom stereocenters. The smallest absolute Gasteiger partial charge is 0.161 e. The molecule has 2 nitrogen and oxygen atoms in total. The molecule has 0 saturated heterocycles. The normalized spacial score (nSPS) is 9.38. The van der Waals surface area contributed by atoms with Crippen LogP contribution in [0.3, 0.4) is 0 Å². The third kappa shape index (κ3) is 1.76. The van der Waals surface area contributed by atoms with Crippen LogP contribution in [-0.4, -0.2) is 5.78 Å². The Hall–Kier alpha value is -1.21. The van der Waals surface area contributed by atoms with Crippen LogP contribution in [-0.2, 0) is 0 Å². The second-order valence-electron chi connectivity index (χ2n) is 2.45. The summed E-state index contributed by atoms with van der Waals surface area (Å²) in [5.74, 6) is -1.00. The lowest BCUT2D eigenvalue weighted by Crippen LogP contribution is -1.99. The predicted octanol–water partition coefficient (Wildman–Crippen LogP) is 2.66. The predicted molar refractivity (Wildman–Crippen MR) is 48.8 cm³/mol. The average molecular weight is 242 g/mol. The third-order valence-corrected chi connectivity index (χ3v) is 2.20. The first kappa shape index (κ1) is 9.87. The fourth-order valence-electron chi connectivity index (χ4n) is 0.953. The van der Waals surface area contributed by atoms with Crippen molar-refractivity contribution in [2.75, 3.05) is 0 Å². The maximum Gasteiger partial charge on any atom is 0.161 e. The summed E-state index contributed by atoms with van der Waals surface area (Å²) in [6.45, 7) is 1.30. The fourth-order valence-corrected chi connectivity index (χ4v) is 1.28. The van der Waals surface area contributed by atoms with Crippen LogP contribution in [0, 0.1) is 17.1 Å². The molecular weight excluding hydrogens is 237 g/mol. The van der Waals surface area contributed by atoms with Gasteiger partial charge in [-0.2, -0.15) is 5.26 Å². The molecule has 0 amide bonds. The Bertz CT molecular complexity index is 409. The minimum atomic E-state index is -0.685. The van der Waals surface area contributed by atoms with Crippen LogP contribution in [0.2, 0.25) is 0 Å². The van der Waals surface area contributed by atoms with Gasteiger partial charge >= 0.3 is 0 Å². The number of halogens is 2. The summed E-state index contributed by atoms with van der Waals surface area (Å²) in [4.78, 5) is 11.0. The fraction of sp³-hybridized carbons (Fsp3) is 0.111. The van der Waals surface area contributed by atoms with Crippen molar-refractivity contribution < 1.29 is 9.18 Å². The molecule has 1 aromatic rings. The molecular formula is C9H5BrFNO. The number of carbonyl (C=O) groups is 1. The van der Waals surface area contributed by atoms with Crippen LogP contribution >= 0.6 is 15.9 Å². The molecule has 0 aliphatic carbocycles. The molecule has 1 rings (SSSR count). The topological polar surface area (TPSA) is 40.9 Å². The quantitative estimate of drug-likeness (QED) is 0.710. The van der Waals surface area contributed by atoms with E-state index in [0.29, 0.717) is 0 Å². The molecule has 0 aliphatic rings. The Morgan fingerprint density at radius 1 is 1.62 bits per heavy atom. The molecule has 0 spiro atoms. The zero-order chi connectivity index (χ0) is 10.0. The minimum Gasteiger partial charge on any atom is -0.294 e. The molecule has 0 radical (unpaired) electrons. The van der Waals surface area contributed by atoms with Crippen LogP contribution in [0.4, 0.5) is 4.39 Å². The zero-order valence-corrected chi connectivity index (χ0v) is 8.35. The summed E-state index contributed by atoms with van der Waals surface area (Å²) < 4.78 is 13.4. The first-order valence-electron chi connectivity index (χ1n) is 3.47. The lowest BCUT2D eigenvalue weighted by atomic mass is 10.1. The number of hydrogen-bond acceptors (Lipinski definition) is 2. The lowest BCUT2D eigenvalue weighted by molar-refractivity contribution is 0.101. The van der Waals surface area contributed by atoms with Gasteiger partial charge in [-0.3, -0.25) is 4.79 Å². The summed E-state index contributed by atoms with van der Waals surface area (Å²) in [6, 6.07) is 4.49. The molecule has 0 heterocycles. The summed E-state index contributed by atoms with van der Waals surface area (Å²) in [5, 5.41) is 8.61. The largest absolute Gasteiger partial charge is 0.294 e. The van der Waals surface area contributed by atoms with Gasteiger partial charge in [0, 0.05) is 5.56 Å². The first-order valence-corrected chi connectivity index (χ1v) is 4.26. The van der Waals surface area contributed by atoms with Crippen LogP contribution in [0.1, 0.15) is 22.8 Å². The molecule has 0 fully saturated rings. The highest BCUT2D eigenvalue weighted by Crippen LogP contribution is 2.21. The van der Waals surface area contributed by atoms with E-state index in [1.807, 2.05) is 0 Å². The highest BCUT2D eigenvalue weighted by Gasteiger charge is 2.14. The van der Waals surface area contributed by atoms with E-state index in [1.165, 1.54) is 19.1 Å². The Labute approximate surface area is 83.1 Å². The molecule has 13 heavy (non-hydrogen) atoms. The number of rotatable bonds is 1. The summed E-state index contributed by atoms with van der Waals surface area (Å²) in [7, 11) is 0. The van der Waals surface area contributed by atoms with Gasteiger partial charge in [-0.1, -0.05) is 0 Å². The van der Waals surface area contributed by atoms with Gasteiger partial charge in [-0.05, 0) is 35.0 Å². The summed E-state index contributed by atoms with van der Waals surface area (Å²) >= 11 is 2.93. The van der Waals surface area contributed by atoms with E-state index in [4.69, 9.17) is 5.26 Å². The lowest BCUT2D eigenvalue weighted by Gasteiger charge is -2.01. The van der Waals surface area contributed by atoms with Crippen molar-refractivity contribution in [2.24, 2.45) is 0 Å². The maximum absolute atomic E-state index is 13.2. The van der Waals surface area contributed by atoms with Crippen molar-refractivity contribution in [1.29, 1.82) is 5.26 Å². The molecule has 0 unspecified atom stereocenters. The number of carbonyl (C=O) groups excluding carboxylic acids is 1. The molecule has 0 bridgehead atoms. The van der Waals surface area contributed by atoms with Crippen LogP contribution in [0.15, 0.2) is 16.6 Å². The number of hydrogen-bond donors (Lipinski definition) is 0. The van der Waals surface area contributed by atoms with Crippen molar-refractivity contribution in [1.82, 2.24) is 0 Å². The van der Waals surface area contributed by atoms with Crippen LogP contribution in [0.5, 0.6) is 0 Å². The van der Waals surface area contributed by atoms with Crippen LogP contribution in [0.25, 0.3) is 0 Å². The Balaban J connectivity index is 3.50. The second kappa shape index (κ2) is 3.67.